The Kier molecular flexibility index (Phi) is 3.09. The average Bonchev–Trinajstić information content (AvgIpc) is 2.65. The van der Waals surface area contributed by atoms with Gasteiger partial charge in [-0.1, -0.05) is 6.08 Å². The molecule has 0 aromatic heterocycles. The highest BCUT2D eigenvalue weighted by molar-refractivity contribution is 6.00. The molecule has 88 valence electrons. The maximum Gasteiger partial charge on any atom is 0.319 e. The van der Waals surface area contributed by atoms with Crippen LogP contribution in [0.2, 0.25) is 0 Å². The summed E-state index contributed by atoms with van der Waals surface area (Å²) in [5.74, 6) is -0.0201. The van der Waals surface area contributed by atoms with Crippen molar-refractivity contribution < 1.29 is 9.59 Å². The number of carbonyl (C=O) groups is 2. The molecule has 0 fully saturated rings. The average molecular weight is 231 g/mol. The van der Waals surface area contributed by atoms with Gasteiger partial charge in [-0.25, -0.2) is 4.79 Å². The molecule has 0 atom stereocenters. The predicted molar refractivity (Wildman–Crippen MR) is 66.0 cm³/mol. The molecule has 0 aliphatic carbocycles. The van der Waals surface area contributed by atoms with Crippen molar-refractivity contribution >= 4 is 23.3 Å². The van der Waals surface area contributed by atoms with Gasteiger partial charge in [0.15, 0.2) is 0 Å². The van der Waals surface area contributed by atoms with Crippen molar-refractivity contribution in [2.24, 2.45) is 0 Å². The van der Waals surface area contributed by atoms with Gasteiger partial charge in [0.05, 0.1) is 6.42 Å². The Balaban J connectivity index is 2.03. The van der Waals surface area contributed by atoms with Crippen LogP contribution in [0.1, 0.15) is 5.56 Å². The van der Waals surface area contributed by atoms with Crippen LogP contribution in [0, 0.1) is 0 Å². The van der Waals surface area contributed by atoms with Gasteiger partial charge >= 0.3 is 6.03 Å². The summed E-state index contributed by atoms with van der Waals surface area (Å²) in [5.41, 5.74) is 2.38. The smallest absolute Gasteiger partial charge is 0.319 e. The number of benzene rings is 1. The fourth-order valence-electron chi connectivity index (χ4n) is 1.65. The predicted octanol–water partition coefficient (Wildman–Crippen LogP) is 1.49. The summed E-state index contributed by atoms with van der Waals surface area (Å²) >= 11 is 0. The third-order valence-corrected chi connectivity index (χ3v) is 2.40. The summed E-state index contributed by atoms with van der Waals surface area (Å²) < 4.78 is 0. The van der Waals surface area contributed by atoms with E-state index in [0.717, 1.165) is 11.3 Å². The first kappa shape index (κ1) is 11.2. The van der Waals surface area contributed by atoms with E-state index >= 15 is 0 Å². The molecule has 0 bridgehead atoms. The van der Waals surface area contributed by atoms with Crippen molar-refractivity contribution in [3.8, 4) is 0 Å². The van der Waals surface area contributed by atoms with Crippen LogP contribution in [0.15, 0.2) is 30.9 Å². The number of rotatable bonds is 3. The third-order valence-electron chi connectivity index (χ3n) is 2.40. The lowest BCUT2D eigenvalue weighted by molar-refractivity contribution is -0.115. The molecular formula is C12H13N3O2. The molecule has 0 radical (unpaired) electrons. The van der Waals surface area contributed by atoms with Gasteiger partial charge in [0.25, 0.3) is 0 Å². The maximum atomic E-state index is 11.4. The van der Waals surface area contributed by atoms with E-state index in [-0.39, 0.29) is 11.9 Å². The Morgan fingerprint density at radius 2 is 2.35 bits per heavy atom. The monoisotopic (exact) mass is 231 g/mol. The zero-order valence-electron chi connectivity index (χ0n) is 9.25. The van der Waals surface area contributed by atoms with Crippen LogP contribution in [-0.4, -0.2) is 18.5 Å². The van der Waals surface area contributed by atoms with E-state index in [1.165, 1.54) is 0 Å². The summed E-state index contributed by atoms with van der Waals surface area (Å²) in [7, 11) is 0. The number of hydrogen-bond acceptors (Lipinski definition) is 2. The molecule has 5 heteroatoms. The fraction of sp³-hybridized carbons (Fsp3) is 0.167. The normalized spacial score (nSPS) is 12.6. The lowest BCUT2D eigenvalue weighted by Gasteiger charge is -2.07. The summed E-state index contributed by atoms with van der Waals surface area (Å²) in [4.78, 5) is 22.5. The molecular weight excluding hydrogens is 218 g/mol. The number of fused-ring (bicyclic) bond motifs is 1. The van der Waals surface area contributed by atoms with Crippen LogP contribution in [0.4, 0.5) is 16.2 Å². The number of urea groups is 1. The Bertz CT molecular complexity index is 483. The molecule has 0 saturated carbocycles. The van der Waals surface area contributed by atoms with Crippen LogP contribution in [0.5, 0.6) is 0 Å². The first-order valence-electron chi connectivity index (χ1n) is 5.27. The fourth-order valence-corrected chi connectivity index (χ4v) is 1.65. The molecule has 0 saturated heterocycles. The lowest BCUT2D eigenvalue weighted by atomic mass is 10.1. The van der Waals surface area contributed by atoms with E-state index in [2.05, 4.69) is 22.5 Å². The topological polar surface area (TPSA) is 70.2 Å². The Hall–Kier alpha value is -2.30. The van der Waals surface area contributed by atoms with Crippen LogP contribution in [0.3, 0.4) is 0 Å². The molecule has 2 rings (SSSR count). The van der Waals surface area contributed by atoms with Crippen LogP contribution in [-0.2, 0) is 11.2 Å². The van der Waals surface area contributed by atoms with Gasteiger partial charge in [0.2, 0.25) is 5.91 Å². The Morgan fingerprint density at radius 3 is 3.12 bits per heavy atom. The van der Waals surface area contributed by atoms with E-state index in [1.807, 2.05) is 0 Å². The molecule has 1 aliphatic heterocycles. The van der Waals surface area contributed by atoms with Crippen LogP contribution < -0.4 is 16.0 Å². The van der Waals surface area contributed by atoms with Gasteiger partial charge in [-0.15, -0.1) is 6.58 Å². The van der Waals surface area contributed by atoms with Crippen molar-refractivity contribution in [1.82, 2.24) is 5.32 Å². The van der Waals surface area contributed by atoms with Gasteiger partial charge < -0.3 is 16.0 Å². The first-order valence-corrected chi connectivity index (χ1v) is 5.27. The molecule has 3 N–H and O–H groups in total. The number of amides is 3. The quantitative estimate of drug-likeness (QED) is 0.690. The SMILES string of the molecule is C=CCNC(=O)Nc1ccc2c(c1)CC(=O)N2. The maximum absolute atomic E-state index is 11.4. The van der Waals surface area contributed by atoms with E-state index in [9.17, 15) is 9.59 Å². The van der Waals surface area contributed by atoms with Crippen molar-refractivity contribution in [3.63, 3.8) is 0 Å². The Morgan fingerprint density at radius 1 is 1.53 bits per heavy atom. The number of anilines is 2. The zero-order valence-corrected chi connectivity index (χ0v) is 9.25. The van der Waals surface area contributed by atoms with Crippen molar-refractivity contribution in [3.05, 3.63) is 36.4 Å². The molecule has 5 nitrogen and oxygen atoms in total. The van der Waals surface area contributed by atoms with E-state index in [4.69, 9.17) is 0 Å². The van der Waals surface area contributed by atoms with Gasteiger partial charge in [0.1, 0.15) is 0 Å². The highest BCUT2D eigenvalue weighted by Crippen LogP contribution is 2.25. The summed E-state index contributed by atoms with van der Waals surface area (Å²) in [6, 6.07) is 5.03. The molecule has 1 heterocycles. The molecule has 0 spiro atoms. The molecule has 0 unspecified atom stereocenters. The first-order chi connectivity index (χ1) is 8.19. The second-order valence-electron chi connectivity index (χ2n) is 3.72. The summed E-state index contributed by atoms with van der Waals surface area (Å²) in [6.45, 7) is 3.92. The van der Waals surface area contributed by atoms with E-state index < -0.39 is 0 Å². The van der Waals surface area contributed by atoms with Gasteiger partial charge in [0, 0.05) is 17.9 Å². The minimum Gasteiger partial charge on any atom is -0.334 e. The number of carbonyl (C=O) groups excluding carboxylic acids is 2. The molecule has 3 amide bonds. The second-order valence-corrected chi connectivity index (χ2v) is 3.72. The summed E-state index contributed by atoms with van der Waals surface area (Å²) in [5, 5.41) is 8.02. The number of nitrogens with one attached hydrogen (secondary N) is 3. The highest BCUT2D eigenvalue weighted by atomic mass is 16.2. The standard InChI is InChI=1S/C12H13N3O2/c1-2-5-13-12(17)14-9-3-4-10-8(6-9)7-11(16)15-10/h2-4,6H,1,5,7H2,(H,15,16)(H2,13,14,17). The van der Waals surface area contributed by atoms with Crippen LogP contribution >= 0.6 is 0 Å². The van der Waals surface area contributed by atoms with E-state index in [0.29, 0.717) is 18.7 Å². The Labute approximate surface area is 98.9 Å². The van der Waals surface area contributed by atoms with Gasteiger partial charge in [-0.3, -0.25) is 4.79 Å². The largest absolute Gasteiger partial charge is 0.334 e. The third kappa shape index (κ3) is 2.63. The molecule has 1 aliphatic rings. The second kappa shape index (κ2) is 4.69. The number of hydrogen-bond donors (Lipinski definition) is 3. The summed E-state index contributed by atoms with van der Waals surface area (Å²) in [6.07, 6.45) is 1.96. The van der Waals surface area contributed by atoms with Gasteiger partial charge in [-0.2, -0.15) is 0 Å². The minimum atomic E-state index is -0.290. The van der Waals surface area contributed by atoms with E-state index in [1.54, 1.807) is 24.3 Å². The van der Waals surface area contributed by atoms with Crippen molar-refractivity contribution in [2.45, 2.75) is 6.42 Å². The van der Waals surface area contributed by atoms with Crippen molar-refractivity contribution in [1.29, 1.82) is 0 Å². The molecule has 17 heavy (non-hydrogen) atoms. The highest BCUT2D eigenvalue weighted by Gasteiger charge is 2.17. The lowest BCUT2D eigenvalue weighted by Crippen LogP contribution is -2.28. The van der Waals surface area contributed by atoms with Crippen molar-refractivity contribution in [2.75, 3.05) is 17.2 Å². The zero-order chi connectivity index (χ0) is 12.3. The molecule has 1 aromatic rings. The minimum absolute atomic E-state index is 0.0201. The molecule has 1 aromatic carbocycles. The van der Waals surface area contributed by atoms with Gasteiger partial charge in [-0.05, 0) is 23.8 Å². The van der Waals surface area contributed by atoms with Crippen LogP contribution in [0.25, 0.3) is 0 Å².